The number of fused-ring (bicyclic) bond motifs is 1. The summed E-state index contributed by atoms with van der Waals surface area (Å²) < 4.78 is 0. The van der Waals surface area contributed by atoms with Gasteiger partial charge in [0, 0.05) is 24.1 Å². The van der Waals surface area contributed by atoms with Crippen molar-refractivity contribution in [2.45, 2.75) is 56.6 Å². The third-order valence-corrected chi connectivity index (χ3v) is 6.38. The molecule has 2 aliphatic carbocycles. The van der Waals surface area contributed by atoms with Crippen molar-refractivity contribution in [3.63, 3.8) is 0 Å². The number of nitrogens with zero attached hydrogens (tertiary/aromatic N) is 1. The molecule has 0 radical (unpaired) electrons. The molecule has 1 heterocycles. The van der Waals surface area contributed by atoms with Crippen molar-refractivity contribution in [3.05, 3.63) is 29.1 Å². The Kier molecular flexibility index (Phi) is 5.71. The Bertz CT molecular complexity index is 635. The topological polar surface area (TPSA) is 96.4 Å². The third kappa shape index (κ3) is 4.18. The van der Waals surface area contributed by atoms with E-state index in [1.54, 1.807) is 6.20 Å². The molecule has 0 spiro atoms. The van der Waals surface area contributed by atoms with Crippen LogP contribution in [0.4, 0.5) is 0 Å². The molecule has 138 valence electrons. The summed E-state index contributed by atoms with van der Waals surface area (Å²) in [7, 11) is 0. The Labute approximate surface area is 153 Å². The quantitative estimate of drug-likeness (QED) is 0.620. The van der Waals surface area contributed by atoms with E-state index in [1.165, 1.54) is 43.0 Å². The van der Waals surface area contributed by atoms with Gasteiger partial charge in [-0.05, 0) is 54.5 Å². The number of rotatable bonds is 9. The fraction of sp³-hybridized carbons (Fsp3) is 0.684. The molecule has 1 aromatic heterocycles. The van der Waals surface area contributed by atoms with Crippen molar-refractivity contribution in [1.82, 2.24) is 4.98 Å². The van der Waals surface area contributed by atoms with Crippen molar-refractivity contribution < 1.29 is 15.0 Å². The molecule has 1 fully saturated rings. The fourth-order valence-electron chi connectivity index (χ4n) is 3.87. The third-order valence-electron chi connectivity index (χ3n) is 5.69. The van der Waals surface area contributed by atoms with E-state index >= 15 is 0 Å². The van der Waals surface area contributed by atoms with Crippen LogP contribution in [0.3, 0.4) is 0 Å². The second kappa shape index (κ2) is 7.64. The number of nitrogens with two attached hydrogens (primary N) is 1. The van der Waals surface area contributed by atoms with Gasteiger partial charge in [-0.15, -0.1) is 0 Å². The normalized spacial score (nSPS) is 23.1. The summed E-state index contributed by atoms with van der Waals surface area (Å²) in [5, 5.41) is 20.3. The minimum Gasteiger partial charge on any atom is -0.479 e. The van der Waals surface area contributed by atoms with Crippen LogP contribution in [0.25, 0.3) is 0 Å². The van der Waals surface area contributed by atoms with Crippen LogP contribution in [0.5, 0.6) is 0 Å². The molecule has 2 aliphatic rings. The van der Waals surface area contributed by atoms with Gasteiger partial charge in [0.05, 0.1) is 6.04 Å². The van der Waals surface area contributed by atoms with E-state index in [-0.39, 0.29) is 6.42 Å². The molecule has 0 saturated heterocycles. The van der Waals surface area contributed by atoms with Gasteiger partial charge in [0.2, 0.25) is 0 Å². The number of carbonyl (C=O) groups is 1. The van der Waals surface area contributed by atoms with Gasteiger partial charge in [0.1, 0.15) is 0 Å². The van der Waals surface area contributed by atoms with E-state index in [2.05, 4.69) is 4.98 Å². The van der Waals surface area contributed by atoms with Crippen molar-refractivity contribution in [2.75, 3.05) is 12.0 Å². The second-order valence-electron chi connectivity index (χ2n) is 7.66. The van der Waals surface area contributed by atoms with Crippen molar-refractivity contribution >= 4 is 17.7 Å². The molecule has 4 N–H and O–H groups in total. The highest BCUT2D eigenvalue weighted by atomic mass is 32.2. The maximum Gasteiger partial charge on any atom is 0.337 e. The van der Waals surface area contributed by atoms with E-state index in [9.17, 15) is 15.0 Å². The summed E-state index contributed by atoms with van der Waals surface area (Å²) in [6.45, 7) is 0. The SMILES string of the molecule is CSCC(N)[C@](O)(Cc1nccc2c1CC(CCC1CC1)C2)C(=O)O. The lowest BCUT2D eigenvalue weighted by molar-refractivity contribution is -0.160. The van der Waals surface area contributed by atoms with Gasteiger partial charge in [-0.2, -0.15) is 11.8 Å². The van der Waals surface area contributed by atoms with E-state index in [0.29, 0.717) is 17.4 Å². The maximum atomic E-state index is 11.7. The molecule has 1 saturated carbocycles. The lowest BCUT2D eigenvalue weighted by atomic mass is 9.88. The Morgan fingerprint density at radius 2 is 2.12 bits per heavy atom. The van der Waals surface area contributed by atoms with Crippen LogP contribution >= 0.6 is 11.8 Å². The lowest BCUT2D eigenvalue weighted by Crippen LogP contribution is -2.57. The zero-order valence-electron chi connectivity index (χ0n) is 14.8. The highest BCUT2D eigenvalue weighted by Gasteiger charge is 2.43. The minimum atomic E-state index is -1.97. The number of thioether (sulfide) groups is 1. The van der Waals surface area contributed by atoms with Crippen LogP contribution in [0.15, 0.2) is 12.3 Å². The maximum absolute atomic E-state index is 11.7. The molecular weight excluding hydrogens is 336 g/mol. The average Bonchev–Trinajstić information content (AvgIpc) is 3.31. The van der Waals surface area contributed by atoms with Crippen LogP contribution in [-0.2, 0) is 24.1 Å². The first-order chi connectivity index (χ1) is 11.9. The van der Waals surface area contributed by atoms with Gasteiger partial charge in [-0.1, -0.05) is 19.3 Å². The molecule has 5 nitrogen and oxygen atoms in total. The Hall–Kier alpha value is -1.11. The molecule has 0 bridgehead atoms. The molecular formula is C19H28N2O3S. The fourth-order valence-corrected chi connectivity index (χ4v) is 4.50. The van der Waals surface area contributed by atoms with Crippen molar-refractivity contribution in [1.29, 1.82) is 0 Å². The van der Waals surface area contributed by atoms with Crippen LogP contribution in [0.2, 0.25) is 0 Å². The monoisotopic (exact) mass is 364 g/mol. The number of aromatic nitrogens is 1. The van der Waals surface area contributed by atoms with E-state index in [0.717, 1.165) is 24.3 Å². The average molecular weight is 365 g/mol. The molecule has 0 aliphatic heterocycles. The molecule has 6 heteroatoms. The van der Waals surface area contributed by atoms with Gasteiger partial charge in [-0.25, -0.2) is 4.79 Å². The molecule has 0 amide bonds. The first-order valence-corrected chi connectivity index (χ1v) is 10.5. The van der Waals surface area contributed by atoms with E-state index in [4.69, 9.17) is 5.73 Å². The Morgan fingerprint density at radius 3 is 2.76 bits per heavy atom. The highest BCUT2D eigenvalue weighted by molar-refractivity contribution is 7.98. The number of hydrogen-bond acceptors (Lipinski definition) is 5. The Balaban J connectivity index is 1.75. The van der Waals surface area contributed by atoms with Crippen LogP contribution in [-0.4, -0.2) is 44.8 Å². The first kappa shape index (κ1) is 18.7. The van der Waals surface area contributed by atoms with Crippen LogP contribution < -0.4 is 5.73 Å². The molecule has 2 unspecified atom stereocenters. The summed E-state index contributed by atoms with van der Waals surface area (Å²) in [6.07, 6.45) is 10.8. The lowest BCUT2D eigenvalue weighted by Gasteiger charge is -2.29. The molecule has 25 heavy (non-hydrogen) atoms. The summed E-state index contributed by atoms with van der Waals surface area (Å²) in [5.74, 6) is 0.679. The Morgan fingerprint density at radius 1 is 1.40 bits per heavy atom. The first-order valence-electron chi connectivity index (χ1n) is 9.10. The molecule has 0 aromatic carbocycles. The second-order valence-corrected chi connectivity index (χ2v) is 8.57. The van der Waals surface area contributed by atoms with Gasteiger partial charge < -0.3 is 15.9 Å². The number of aliphatic carboxylic acids is 1. The number of hydrogen-bond donors (Lipinski definition) is 3. The van der Waals surface area contributed by atoms with E-state index < -0.39 is 17.6 Å². The van der Waals surface area contributed by atoms with Crippen molar-refractivity contribution in [3.8, 4) is 0 Å². The van der Waals surface area contributed by atoms with Crippen LogP contribution in [0.1, 0.15) is 42.5 Å². The number of aliphatic hydroxyl groups is 1. The van der Waals surface area contributed by atoms with Crippen molar-refractivity contribution in [2.24, 2.45) is 17.6 Å². The summed E-state index contributed by atoms with van der Waals surface area (Å²) in [4.78, 5) is 16.1. The van der Waals surface area contributed by atoms with E-state index in [1.807, 2.05) is 12.3 Å². The number of carboxylic acids is 1. The number of carboxylic acid groups (broad SMARTS) is 1. The zero-order valence-corrected chi connectivity index (χ0v) is 15.6. The van der Waals surface area contributed by atoms with Crippen LogP contribution in [0, 0.1) is 11.8 Å². The largest absolute Gasteiger partial charge is 0.479 e. The van der Waals surface area contributed by atoms with Gasteiger partial charge in [0.15, 0.2) is 5.60 Å². The zero-order chi connectivity index (χ0) is 18.0. The molecule has 3 atom stereocenters. The predicted octanol–water partition coefficient (Wildman–Crippen LogP) is 2.04. The minimum absolute atomic E-state index is 0.0252. The standard InChI is InChI=1S/C19H28N2O3S/c1-25-11-17(20)19(24,18(22)23)10-16-15-9-13(5-4-12-2-3-12)8-14(15)6-7-21-16/h6-7,12-13,17,24H,2-5,8-11,20H2,1H3,(H,22,23)/t13?,17?,19-/m1/s1. The summed E-state index contributed by atoms with van der Waals surface area (Å²) in [6, 6.07) is 1.21. The molecule has 1 aromatic rings. The number of pyridine rings is 1. The molecule has 3 rings (SSSR count). The van der Waals surface area contributed by atoms with Gasteiger partial charge in [-0.3, -0.25) is 4.98 Å². The van der Waals surface area contributed by atoms with Gasteiger partial charge in [0.25, 0.3) is 0 Å². The summed E-state index contributed by atoms with van der Waals surface area (Å²) >= 11 is 1.44. The summed E-state index contributed by atoms with van der Waals surface area (Å²) in [5.41, 5.74) is 7.12. The van der Waals surface area contributed by atoms with Gasteiger partial charge >= 0.3 is 5.97 Å². The smallest absolute Gasteiger partial charge is 0.337 e. The predicted molar refractivity (Wildman–Crippen MR) is 99.7 cm³/mol. The highest BCUT2D eigenvalue weighted by Crippen LogP contribution is 2.38.